The molecule has 0 aliphatic heterocycles. The minimum atomic E-state index is -4.91. The molecule has 2 aromatic rings. The van der Waals surface area contributed by atoms with Gasteiger partial charge in [-0.25, -0.2) is 8.42 Å². The van der Waals surface area contributed by atoms with E-state index in [-0.39, 0.29) is 18.0 Å². The first-order valence-corrected chi connectivity index (χ1v) is 10.3. The summed E-state index contributed by atoms with van der Waals surface area (Å²) < 4.78 is 49.3. The van der Waals surface area contributed by atoms with Gasteiger partial charge in [-0.2, -0.15) is 8.78 Å². The lowest BCUT2D eigenvalue weighted by molar-refractivity contribution is 0.0169. The van der Waals surface area contributed by atoms with Crippen LogP contribution in [0.5, 0.6) is 0 Å². The van der Waals surface area contributed by atoms with E-state index in [1.54, 1.807) is 12.1 Å². The van der Waals surface area contributed by atoms with Crippen LogP contribution in [0.2, 0.25) is 0 Å². The summed E-state index contributed by atoms with van der Waals surface area (Å²) in [7, 11) is -4.91. The lowest BCUT2D eigenvalue weighted by Crippen LogP contribution is -2.42. The molecule has 1 aliphatic rings. The quantitative estimate of drug-likeness (QED) is 0.747. The lowest BCUT2D eigenvalue weighted by atomic mass is 9.95. The first kappa shape index (κ1) is 18.9. The van der Waals surface area contributed by atoms with Gasteiger partial charge < -0.3 is 10.4 Å². The second kappa shape index (κ2) is 7.05. The normalized spacial score (nSPS) is 17.1. The van der Waals surface area contributed by atoms with Crippen LogP contribution in [-0.4, -0.2) is 31.7 Å². The van der Waals surface area contributed by atoms with Crippen LogP contribution in [0.4, 0.5) is 8.78 Å². The molecule has 1 aromatic heterocycles. The predicted molar refractivity (Wildman–Crippen MR) is 92.9 cm³/mol. The molecule has 0 radical (unpaired) electrons. The molecule has 5 nitrogen and oxygen atoms in total. The molecule has 1 heterocycles. The zero-order chi connectivity index (χ0) is 18.9. The molecule has 9 heteroatoms. The number of hydrogen-bond donors (Lipinski definition) is 2. The highest BCUT2D eigenvalue weighted by molar-refractivity contribution is 7.91. The third kappa shape index (κ3) is 3.51. The van der Waals surface area contributed by atoms with Crippen molar-refractivity contribution in [2.75, 3.05) is 6.54 Å². The summed E-state index contributed by atoms with van der Waals surface area (Å²) in [5, 5.41) is 15.3. The molecule has 0 spiro atoms. The van der Waals surface area contributed by atoms with Crippen molar-refractivity contribution in [1.82, 2.24) is 5.32 Å². The van der Waals surface area contributed by atoms with Gasteiger partial charge in [-0.1, -0.05) is 18.2 Å². The molecule has 140 valence electrons. The zero-order valence-corrected chi connectivity index (χ0v) is 15.2. The zero-order valence-electron chi connectivity index (χ0n) is 13.6. The predicted octanol–water partition coefficient (Wildman–Crippen LogP) is 2.77. The van der Waals surface area contributed by atoms with Gasteiger partial charge in [0.15, 0.2) is 0 Å². The molecule has 1 atom stereocenters. The maximum absolute atomic E-state index is 12.9. The molecular formula is C17H17F2NO4S2. The van der Waals surface area contributed by atoms with Crippen LogP contribution in [0.3, 0.4) is 0 Å². The molecule has 1 aromatic carbocycles. The molecule has 1 amide bonds. The Hall–Kier alpha value is -1.84. The number of amides is 1. The van der Waals surface area contributed by atoms with Gasteiger partial charge in [0.2, 0.25) is 9.84 Å². The molecule has 1 aliphatic carbocycles. The highest BCUT2D eigenvalue weighted by atomic mass is 32.2. The number of sulfone groups is 1. The molecule has 1 saturated carbocycles. The van der Waals surface area contributed by atoms with E-state index < -0.39 is 32.0 Å². The maximum atomic E-state index is 12.9. The number of hydrogen-bond acceptors (Lipinski definition) is 5. The summed E-state index contributed by atoms with van der Waals surface area (Å²) in [5.41, 5.74) is -1.61. The number of carbonyl (C=O) groups is 1. The Balaban J connectivity index is 1.83. The van der Waals surface area contributed by atoms with Crippen molar-refractivity contribution in [1.29, 1.82) is 0 Å². The highest BCUT2D eigenvalue weighted by Gasteiger charge is 2.46. The Morgan fingerprint density at radius 3 is 2.54 bits per heavy atom. The molecule has 0 unspecified atom stereocenters. The summed E-state index contributed by atoms with van der Waals surface area (Å²) in [6, 6.07) is 8.38. The average Bonchev–Trinajstić information content (AvgIpc) is 3.34. The molecule has 3 rings (SSSR count). The first-order chi connectivity index (χ1) is 12.3. The van der Waals surface area contributed by atoms with E-state index in [0.717, 1.165) is 18.9 Å². The number of rotatable bonds is 7. The fourth-order valence-electron chi connectivity index (χ4n) is 2.83. The van der Waals surface area contributed by atoms with E-state index >= 15 is 0 Å². The summed E-state index contributed by atoms with van der Waals surface area (Å²) in [5.74, 6) is -4.44. The monoisotopic (exact) mass is 401 g/mol. The van der Waals surface area contributed by atoms with E-state index in [4.69, 9.17) is 0 Å². The largest absolute Gasteiger partial charge is 0.382 e. The average molecular weight is 401 g/mol. The minimum Gasteiger partial charge on any atom is -0.382 e. The number of halogens is 2. The van der Waals surface area contributed by atoms with Crippen molar-refractivity contribution in [2.24, 2.45) is 5.92 Å². The van der Waals surface area contributed by atoms with Gasteiger partial charge in [0.1, 0.15) is 5.60 Å². The Labute approximate surface area is 153 Å². The van der Waals surface area contributed by atoms with Gasteiger partial charge in [-0.3, -0.25) is 4.79 Å². The Kier molecular flexibility index (Phi) is 5.14. The minimum absolute atomic E-state index is 0.00138. The van der Waals surface area contributed by atoms with Gasteiger partial charge in [0, 0.05) is 4.88 Å². The third-order valence-corrected chi connectivity index (χ3v) is 6.87. The van der Waals surface area contributed by atoms with Crippen molar-refractivity contribution in [3.63, 3.8) is 0 Å². The fourth-order valence-corrected chi connectivity index (χ4v) is 4.66. The second-order valence-corrected chi connectivity index (χ2v) is 8.99. The topological polar surface area (TPSA) is 83.5 Å². The van der Waals surface area contributed by atoms with E-state index in [1.807, 2.05) is 5.38 Å². The van der Waals surface area contributed by atoms with E-state index in [9.17, 15) is 27.1 Å². The van der Waals surface area contributed by atoms with Gasteiger partial charge >= 0.3 is 5.76 Å². The maximum Gasteiger partial charge on any atom is 0.341 e. The number of aliphatic hydroxyl groups is 1. The molecule has 0 saturated heterocycles. The van der Waals surface area contributed by atoms with Crippen LogP contribution in [0, 0.1) is 5.92 Å². The summed E-state index contributed by atoms with van der Waals surface area (Å²) in [4.78, 5) is 12.4. The van der Waals surface area contributed by atoms with Crippen LogP contribution >= 0.6 is 11.3 Å². The van der Waals surface area contributed by atoms with Crippen LogP contribution in [0.1, 0.15) is 28.1 Å². The SMILES string of the molecule is O=C(NC[C@@](O)(c1cccs1)C1CC1)c1ccccc1S(=O)(=O)C(F)F. The number of carbonyl (C=O) groups excluding carboxylic acids is 1. The highest BCUT2D eigenvalue weighted by Crippen LogP contribution is 2.46. The van der Waals surface area contributed by atoms with Crippen molar-refractivity contribution in [3.05, 3.63) is 52.2 Å². The Morgan fingerprint density at radius 2 is 1.96 bits per heavy atom. The van der Waals surface area contributed by atoms with Crippen molar-refractivity contribution in [3.8, 4) is 0 Å². The third-order valence-electron chi connectivity index (χ3n) is 4.39. The smallest absolute Gasteiger partial charge is 0.341 e. The Morgan fingerprint density at radius 1 is 1.27 bits per heavy atom. The second-order valence-electron chi connectivity index (χ2n) is 6.16. The van der Waals surface area contributed by atoms with Gasteiger partial charge in [0.25, 0.3) is 5.91 Å². The number of nitrogens with one attached hydrogen (secondary N) is 1. The summed E-state index contributed by atoms with van der Waals surface area (Å²) in [6.07, 6.45) is 1.64. The standard InChI is InChI=1S/C17H17F2NO4S2/c18-16(19)26(23,24)13-5-2-1-4-12(13)15(21)20-10-17(22,11-7-8-11)14-6-3-9-25-14/h1-6,9,11,16,22H,7-8,10H2,(H,20,21)/t17-/m0/s1. The first-order valence-electron chi connectivity index (χ1n) is 7.92. The van der Waals surface area contributed by atoms with Crippen molar-refractivity contribution >= 4 is 27.1 Å². The fraction of sp³-hybridized carbons (Fsp3) is 0.353. The van der Waals surface area contributed by atoms with Gasteiger partial charge in [-0.05, 0) is 42.3 Å². The lowest BCUT2D eigenvalue weighted by Gasteiger charge is -2.27. The molecule has 0 bridgehead atoms. The summed E-state index contributed by atoms with van der Waals surface area (Å²) in [6.45, 7) is -0.125. The molecular weight excluding hydrogens is 384 g/mol. The van der Waals surface area contributed by atoms with Crippen molar-refractivity contribution in [2.45, 2.75) is 29.1 Å². The van der Waals surface area contributed by atoms with Crippen LogP contribution in [0.15, 0.2) is 46.7 Å². The molecule has 26 heavy (non-hydrogen) atoms. The van der Waals surface area contributed by atoms with E-state index in [0.29, 0.717) is 4.88 Å². The van der Waals surface area contributed by atoms with Gasteiger partial charge in [-0.15, -0.1) is 11.3 Å². The number of alkyl halides is 2. The molecule has 1 fully saturated rings. The van der Waals surface area contributed by atoms with E-state index in [2.05, 4.69) is 5.32 Å². The van der Waals surface area contributed by atoms with Crippen molar-refractivity contribution < 1.29 is 27.1 Å². The van der Waals surface area contributed by atoms with Crippen LogP contribution in [-0.2, 0) is 15.4 Å². The molecule has 2 N–H and O–H groups in total. The van der Waals surface area contributed by atoms with E-state index in [1.165, 1.54) is 29.5 Å². The van der Waals surface area contributed by atoms with Crippen LogP contribution < -0.4 is 5.32 Å². The number of thiophene rings is 1. The van der Waals surface area contributed by atoms with Gasteiger partial charge in [0.05, 0.1) is 17.0 Å². The summed E-state index contributed by atoms with van der Waals surface area (Å²) >= 11 is 1.36. The van der Waals surface area contributed by atoms with Crippen LogP contribution in [0.25, 0.3) is 0 Å². The Bertz CT molecular complexity index is 895. The number of benzene rings is 1.